The molecule has 0 amide bonds. The quantitative estimate of drug-likeness (QED) is 0.375. The molecule has 0 aliphatic carbocycles. The average molecular weight is 497 g/mol. The number of morpholine rings is 1. The van der Waals surface area contributed by atoms with Gasteiger partial charge in [-0.25, -0.2) is 0 Å². The van der Waals surface area contributed by atoms with E-state index < -0.39 is 21.1 Å². The van der Waals surface area contributed by atoms with Crippen LogP contribution in [0, 0.1) is 0 Å². The number of nitrogens with zero attached hydrogens (tertiary/aromatic N) is 2. The van der Waals surface area contributed by atoms with Crippen molar-refractivity contribution in [3.05, 3.63) is 11.2 Å². The van der Waals surface area contributed by atoms with Crippen LogP contribution in [0.4, 0.5) is 0 Å². The predicted octanol–water partition coefficient (Wildman–Crippen LogP) is 5.13. The first-order valence-corrected chi connectivity index (χ1v) is 14.9. The molecule has 0 spiro atoms. The Morgan fingerprint density at radius 3 is 2.41 bits per heavy atom. The van der Waals surface area contributed by atoms with E-state index in [4.69, 9.17) is 9.72 Å². The van der Waals surface area contributed by atoms with E-state index in [1.165, 1.54) is 69.3 Å². The fourth-order valence-electron chi connectivity index (χ4n) is 4.69. The van der Waals surface area contributed by atoms with Gasteiger partial charge in [-0.15, -0.1) is 0 Å². The van der Waals surface area contributed by atoms with Crippen LogP contribution in [-0.2, 0) is 10.3 Å². The summed E-state index contributed by atoms with van der Waals surface area (Å²) in [6.07, 6.45) is 16.0. The van der Waals surface area contributed by atoms with E-state index >= 15 is 0 Å². The number of hydrogen-bond acceptors (Lipinski definition) is 4. The van der Waals surface area contributed by atoms with Gasteiger partial charge in [-0.05, 0) is 0 Å². The van der Waals surface area contributed by atoms with Crippen molar-refractivity contribution >= 4 is 35.4 Å². The maximum absolute atomic E-state index is 6.31. The van der Waals surface area contributed by atoms with Crippen molar-refractivity contribution < 1.29 is 4.74 Å². The topological polar surface area (TPSA) is 25.4 Å². The zero-order valence-electron chi connectivity index (χ0n) is 17.7. The van der Waals surface area contributed by atoms with E-state index in [1.54, 1.807) is 2.89 Å². The number of thiazole rings is 1. The molecular formula is C22H38N2OSSn. The number of fused-ring (bicyclic) bond motifs is 2. The second-order valence-corrected chi connectivity index (χ2v) is 16.0. The summed E-state index contributed by atoms with van der Waals surface area (Å²) in [6.45, 7) is 11.3. The van der Waals surface area contributed by atoms with Crippen molar-refractivity contribution in [2.24, 2.45) is 0 Å². The van der Waals surface area contributed by atoms with Gasteiger partial charge in [0, 0.05) is 0 Å². The van der Waals surface area contributed by atoms with Gasteiger partial charge in [-0.3, -0.25) is 0 Å². The molecule has 5 heteroatoms. The number of rotatable bonds is 12. The summed E-state index contributed by atoms with van der Waals surface area (Å²) >= 11 is 1.37. The van der Waals surface area contributed by atoms with Gasteiger partial charge in [0.2, 0.25) is 0 Å². The van der Waals surface area contributed by atoms with Gasteiger partial charge in [0.25, 0.3) is 0 Å². The van der Waals surface area contributed by atoms with Crippen LogP contribution in [0.3, 0.4) is 0 Å². The van der Waals surface area contributed by atoms with Gasteiger partial charge in [0.05, 0.1) is 0 Å². The Morgan fingerprint density at radius 2 is 1.78 bits per heavy atom. The fraction of sp³-hybridized carbons (Fsp3) is 0.864. The Hall–Kier alpha value is 0.349. The van der Waals surface area contributed by atoms with Crippen LogP contribution in [0.25, 0.3) is 0 Å². The molecule has 2 aliphatic heterocycles. The van der Waals surface area contributed by atoms with Crippen molar-refractivity contribution in [2.75, 3.05) is 26.2 Å². The van der Waals surface area contributed by atoms with Crippen molar-refractivity contribution in [1.82, 2.24) is 9.88 Å². The Labute approximate surface area is 180 Å². The van der Waals surface area contributed by atoms with Gasteiger partial charge >= 0.3 is 181 Å². The van der Waals surface area contributed by atoms with Crippen LogP contribution in [0.5, 0.6) is 0 Å². The molecule has 2 aliphatic rings. The summed E-state index contributed by atoms with van der Waals surface area (Å²) in [6, 6.07) is 0. The molecule has 2 bridgehead atoms. The van der Waals surface area contributed by atoms with E-state index in [1.807, 2.05) is 11.3 Å². The Kier molecular flexibility index (Phi) is 8.49. The summed E-state index contributed by atoms with van der Waals surface area (Å²) < 4.78 is 8.63. The summed E-state index contributed by atoms with van der Waals surface area (Å²) in [5.41, 5.74) is -0.0699. The zero-order valence-corrected chi connectivity index (χ0v) is 21.4. The molecule has 27 heavy (non-hydrogen) atoms. The van der Waals surface area contributed by atoms with Crippen LogP contribution in [-0.4, -0.2) is 57.3 Å². The summed E-state index contributed by atoms with van der Waals surface area (Å²) in [5.74, 6) is 0. The van der Waals surface area contributed by atoms with Gasteiger partial charge in [0.1, 0.15) is 0 Å². The van der Waals surface area contributed by atoms with Gasteiger partial charge in [0.15, 0.2) is 0 Å². The molecule has 2 saturated heterocycles. The molecule has 2 fully saturated rings. The van der Waals surface area contributed by atoms with Gasteiger partial charge < -0.3 is 0 Å². The first-order chi connectivity index (χ1) is 13.2. The summed E-state index contributed by atoms with van der Waals surface area (Å²) in [4.78, 5) is 7.50. The Morgan fingerprint density at radius 1 is 1.11 bits per heavy atom. The molecule has 152 valence electrons. The third kappa shape index (κ3) is 5.49. The van der Waals surface area contributed by atoms with Crippen LogP contribution < -0.4 is 2.89 Å². The van der Waals surface area contributed by atoms with Crippen molar-refractivity contribution in [1.29, 1.82) is 0 Å². The van der Waals surface area contributed by atoms with Crippen LogP contribution in [0.2, 0.25) is 3.43 Å². The summed E-state index contributed by atoms with van der Waals surface area (Å²) in [7, 11) is 0. The molecule has 2 unspecified atom stereocenters. The third-order valence-corrected chi connectivity index (χ3v) is 13.7. The molecule has 3 heterocycles. The first kappa shape index (κ1) is 22.0. The molecule has 3 nitrogen and oxygen atoms in total. The third-order valence-electron chi connectivity index (χ3n) is 6.41. The standard InChI is InChI=1S/C13H27.C9H11N2OS.Sn/c1-4-7-10-13(11-8-5-2)12-9-6-3;1-3-11-4-5-12-9(1,7-11)8-10-2-6-13-8;/h4-12H2,1-3H3;2H,1,3-5,7H2;. The second kappa shape index (κ2) is 10.4. The number of unbranched alkanes of at least 4 members (excludes halogenated alkanes) is 3. The summed E-state index contributed by atoms with van der Waals surface area (Å²) in [5, 5.41) is 1.29. The van der Waals surface area contributed by atoms with E-state index in [9.17, 15) is 0 Å². The molecule has 2 atom stereocenters. The first-order valence-electron chi connectivity index (χ1n) is 11.3. The normalized spacial score (nSPS) is 25.2. The average Bonchev–Trinajstić information content (AvgIpc) is 3.28. The van der Waals surface area contributed by atoms with E-state index in [2.05, 4.69) is 31.9 Å². The van der Waals surface area contributed by atoms with E-state index in [0.29, 0.717) is 3.43 Å². The Bertz CT molecular complexity index is 553. The number of hydrogen-bond donors (Lipinski definition) is 0. The molecule has 0 aromatic carbocycles. The SMILES string of the molecule is CCCC[C](CCCC)(CCCC)[Sn][c]1cnc(C23CCN(CCO2)C3)s1. The number of aromatic nitrogens is 1. The molecule has 2 radical (unpaired) electrons. The van der Waals surface area contributed by atoms with Crippen molar-refractivity contribution in [3.8, 4) is 0 Å². The monoisotopic (exact) mass is 498 g/mol. The molecule has 0 N–H and O–H groups in total. The fourth-order valence-corrected chi connectivity index (χ4v) is 12.7. The maximum atomic E-state index is 6.31. The van der Waals surface area contributed by atoms with E-state index in [-0.39, 0.29) is 5.60 Å². The van der Waals surface area contributed by atoms with Gasteiger partial charge in [-0.1, -0.05) is 0 Å². The predicted molar refractivity (Wildman–Crippen MR) is 117 cm³/mol. The zero-order chi connectivity index (χ0) is 19.2. The minimum absolute atomic E-state index is 0.0699. The number of ether oxygens (including phenoxy) is 1. The van der Waals surface area contributed by atoms with E-state index in [0.717, 1.165) is 26.1 Å². The molecular weight excluding hydrogens is 459 g/mol. The molecule has 3 rings (SSSR count). The molecule has 1 aromatic rings. The van der Waals surface area contributed by atoms with Crippen molar-refractivity contribution in [2.45, 2.75) is 94.0 Å². The second-order valence-electron chi connectivity index (χ2n) is 8.61. The van der Waals surface area contributed by atoms with Crippen molar-refractivity contribution in [3.63, 3.8) is 0 Å². The Balaban J connectivity index is 1.75. The minimum atomic E-state index is -0.658. The van der Waals surface area contributed by atoms with Gasteiger partial charge in [-0.2, -0.15) is 0 Å². The van der Waals surface area contributed by atoms with Crippen LogP contribution in [0.1, 0.15) is 90.0 Å². The van der Waals surface area contributed by atoms with Crippen LogP contribution in [0.15, 0.2) is 6.20 Å². The molecule has 1 aromatic heterocycles. The molecule has 0 saturated carbocycles. The van der Waals surface area contributed by atoms with Crippen LogP contribution >= 0.6 is 11.3 Å².